The van der Waals surface area contributed by atoms with Gasteiger partial charge in [-0.25, -0.2) is 14.0 Å². The van der Waals surface area contributed by atoms with E-state index in [4.69, 9.17) is 14.2 Å². The largest absolute Gasteiger partial charge is 0.493 e. The maximum absolute atomic E-state index is 16.0. The normalized spacial score (nSPS) is 11.4. The standard InChI is InChI=1S/C60H73FO7/c1-9-13-14-17-43-20-22-46(23-21-43)49-26-29-55(56(61)38-49)54-28-25-48(35-45(54)11-3)47-24-27-53(44(10-2)34-47)52-36-50(18-15-31-67-58(64)41(5)6)57(66-33-30-60(12-4,39-62)40-63)51(37-52)19-16-32-68-59(65)42(7)8/h20-29,34-38,62-63H,5,7,9-19,30-33,39-40H2,1-4,6,8H3. The quantitative estimate of drug-likeness (QED) is 0.0307. The Morgan fingerprint density at radius 3 is 1.53 bits per heavy atom. The van der Waals surface area contributed by atoms with Gasteiger partial charge in [-0.2, -0.15) is 0 Å². The number of hydrogen-bond acceptors (Lipinski definition) is 7. The van der Waals surface area contributed by atoms with E-state index in [1.807, 2.05) is 25.1 Å². The Kier molecular flexibility index (Phi) is 20.4. The number of benzene rings is 5. The highest BCUT2D eigenvalue weighted by atomic mass is 19.1. The highest BCUT2D eigenvalue weighted by Crippen LogP contribution is 2.39. The van der Waals surface area contributed by atoms with Crippen LogP contribution in [0.4, 0.5) is 4.39 Å². The minimum Gasteiger partial charge on any atom is -0.493 e. The number of unbranched alkanes of at least 4 members (excludes halogenated alkanes) is 2. The van der Waals surface area contributed by atoms with Crippen molar-refractivity contribution in [3.63, 3.8) is 0 Å². The molecule has 0 saturated heterocycles. The van der Waals surface area contributed by atoms with Crippen LogP contribution in [0.1, 0.15) is 114 Å². The van der Waals surface area contributed by atoms with Gasteiger partial charge in [-0.1, -0.05) is 126 Å². The van der Waals surface area contributed by atoms with Crippen LogP contribution >= 0.6 is 0 Å². The number of carbonyl (C=O) groups is 2. The molecular weight excluding hydrogens is 852 g/mol. The van der Waals surface area contributed by atoms with Crippen LogP contribution in [-0.4, -0.2) is 55.2 Å². The lowest BCUT2D eigenvalue weighted by molar-refractivity contribution is -0.139. The number of rotatable bonds is 27. The van der Waals surface area contributed by atoms with Crippen molar-refractivity contribution in [1.29, 1.82) is 0 Å². The van der Waals surface area contributed by atoms with Gasteiger partial charge in [0.2, 0.25) is 0 Å². The number of carbonyl (C=O) groups excluding carboxylic acids is 2. The minimum atomic E-state index is -0.674. The van der Waals surface area contributed by atoms with E-state index < -0.39 is 17.4 Å². The highest BCUT2D eigenvalue weighted by Gasteiger charge is 2.27. The van der Waals surface area contributed by atoms with Gasteiger partial charge in [-0.3, -0.25) is 0 Å². The van der Waals surface area contributed by atoms with E-state index in [2.05, 4.69) is 101 Å². The SMILES string of the molecule is C=C(C)C(=O)OCCCc1cc(-c2ccc(-c3ccc(-c4ccc(-c5ccc(CCCCC)cc5)cc4F)c(CC)c3)cc2CC)cc(CCCOC(=O)C(=C)C)c1OCCC(CC)(CO)CO. The Morgan fingerprint density at radius 1 is 0.559 bits per heavy atom. The van der Waals surface area contributed by atoms with E-state index in [0.717, 1.165) is 80.5 Å². The van der Waals surface area contributed by atoms with Crippen molar-refractivity contribution in [3.05, 3.63) is 149 Å². The van der Waals surface area contributed by atoms with Gasteiger partial charge in [0.15, 0.2) is 0 Å². The number of aryl methyl sites for hydroxylation is 5. The van der Waals surface area contributed by atoms with Crippen LogP contribution in [0.5, 0.6) is 5.75 Å². The Morgan fingerprint density at radius 2 is 1.04 bits per heavy atom. The number of hydrogen-bond donors (Lipinski definition) is 2. The molecule has 0 fully saturated rings. The Hall–Kier alpha value is -5.83. The third kappa shape index (κ3) is 14.1. The molecule has 0 saturated carbocycles. The molecule has 0 aliphatic heterocycles. The van der Waals surface area contributed by atoms with Crippen molar-refractivity contribution in [2.75, 3.05) is 33.0 Å². The van der Waals surface area contributed by atoms with Crippen molar-refractivity contribution in [3.8, 4) is 50.3 Å². The zero-order valence-corrected chi connectivity index (χ0v) is 41.4. The maximum atomic E-state index is 16.0. The van der Waals surface area contributed by atoms with Crippen molar-refractivity contribution in [1.82, 2.24) is 0 Å². The van der Waals surface area contributed by atoms with Crippen molar-refractivity contribution in [2.45, 2.75) is 119 Å². The molecule has 0 atom stereocenters. The molecule has 8 heteroatoms. The number of aliphatic hydroxyl groups excluding tert-OH is 2. The van der Waals surface area contributed by atoms with E-state index in [-0.39, 0.29) is 38.9 Å². The zero-order chi connectivity index (χ0) is 49.2. The predicted octanol–water partition coefficient (Wildman–Crippen LogP) is 13.6. The lowest BCUT2D eigenvalue weighted by Gasteiger charge is -2.28. The second-order valence-electron chi connectivity index (χ2n) is 18.2. The molecule has 0 radical (unpaired) electrons. The Balaban J connectivity index is 1.48. The second kappa shape index (κ2) is 26.1. The van der Waals surface area contributed by atoms with E-state index >= 15 is 4.39 Å². The van der Waals surface area contributed by atoms with E-state index in [9.17, 15) is 19.8 Å². The first kappa shape index (κ1) is 53.1. The Labute approximate surface area is 405 Å². The van der Waals surface area contributed by atoms with Gasteiger partial charge in [0.25, 0.3) is 0 Å². The van der Waals surface area contributed by atoms with Gasteiger partial charge in [0.1, 0.15) is 11.6 Å². The fourth-order valence-corrected chi connectivity index (χ4v) is 8.58. The minimum absolute atomic E-state index is 0.161. The number of ether oxygens (including phenoxy) is 3. The summed E-state index contributed by atoms with van der Waals surface area (Å²) in [7, 11) is 0. The molecule has 0 aromatic heterocycles. The zero-order valence-electron chi connectivity index (χ0n) is 41.4. The summed E-state index contributed by atoms with van der Waals surface area (Å²) in [6.45, 7) is 19.4. The summed E-state index contributed by atoms with van der Waals surface area (Å²) in [6.07, 6.45) is 9.36. The number of aliphatic hydroxyl groups is 2. The van der Waals surface area contributed by atoms with Crippen LogP contribution in [0.25, 0.3) is 44.5 Å². The summed E-state index contributed by atoms with van der Waals surface area (Å²) in [5, 5.41) is 20.4. The van der Waals surface area contributed by atoms with Gasteiger partial charge >= 0.3 is 11.9 Å². The summed E-state index contributed by atoms with van der Waals surface area (Å²) in [6, 6.07) is 31.2. The lowest BCUT2D eigenvalue weighted by Crippen LogP contribution is -2.31. The van der Waals surface area contributed by atoms with Crippen LogP contribution in [0.15, 0.2) is 115 Å². The summed E-state index contributed by atoms with van der Waals surface area (Å²) >= 11 is 0. The molecule has 0 aliphatic carbocycles. The maximum Gasteiger partial charge on any atom is 0.333 e. The topological polar surface area (TPSA) is 102 Å². The molecule has 0 bridgehead atoms. The molecule has 68 heavy (non-hydrogen) atoms. The van der Waals surface area contributed by atoms with Gasteiger partial charge in [0.05, 0.1) is 33.0 Å². The van der Waals surface area contributed by atoms with Crippen LogP contribution in [-0.2, 0) is 51.2 Å². The predicted molar refractivity (Wildman–Crippen MR) is 275 cm³/mol. The van der Waals surface area contributed by atoms with Gasteiger partial charge in [-0.15, -0.1) is 0 Å². The van der Waals surface area contributed by atoms with Crippen LogP contribution in [0, 0.1) is 11.2 Å². The Bertz CT molecular complexity index is 2430. The fourth-order valence-electron chi connectivity index (χ4n) is 8.58. The van der Waals surface area contributed by atoms with E-state index in [1.54, 1.807) is 19.9 Å². The molecule has 5 aromatic carbocycles. The molecule has 5 aromatic rings. The molecular formula is C60H73FO7. The number of halogens is 1. The van der Waals surface area contributed by atoms with Crippen molar-refractivity contribution < 1.29 is 38.4 Å². The van der Waals surface area contributed by atoms with E-state index in [1.165, 1.54) is 24.8 Å². The molecule has 5 rings (SSSR count). The molecule has 0 heterocycles. The molecule has 0 spiro atoms. The van der Waals surface area contributed by atoms with Gasteiger partial charge < -0.3 is 24.4 Å². The smallest absolute Gasteiger partial charge is 0.333 e. The van der Waals surface area contributed by atoms with E-state index in [0.29, 0.717) is 61.0 Å². The first-order valence-corrected chi connectivity index (χ1v) is 24.6. The summed E-state index contributed by atoms with van der Waals surface area (Å²) in [5.74, 6) is -0.413. The molecule has 2 N–H and O–H groups in total. The molecule has 0 amide bonds. The molecule has 0 aliphatic rings. The third-order valence-corrected chi connectivity index (χ3v) is 13.1. The lowest BCUT2D eigenvalue weighted by atomic mass is 9.84. The molecule has 7 nitrogen and oxygen atoms in total. The first-order valence-electron chi connectivity index (χ1n) is 24.6. The average molecular weight is 925 g/mol. The van der Waals surface area contributed by atoms with Crippen LogP contribution in [0.3, 0.4) is 0 Å². The fraction of sp³-hybridized carbons (Fsp3) is 0.400. The average Bonchev–Trinajstić information content (AvgIpc) is 3.35. The van der Waals surface area contributed by atoms with Crippen molar-refractivity contribution in [2.24, 2.45) is 5.41 Å². The summed E-state index contributed by atoms with van der Waals surface area (Å²) in [4.78, 5) is 24.5. The first-order chi connectivity index (χ1) is 32.8. The molecule has 362 valence electrons. The monoisotopic (exact) mass is 925 g/mol. The highest BCUT2D eigenvalue weighted by molar-refractivity contribution is 5.87. The van der Waals surface area contributed by atoms with Crippen LogP contribution in [0.2, 0.25) is 0 Å². The van der Waals surface area contributed by atoms with Gasteiger partial charge in [-0.05, 0) is 163 Å². The number of esters is 2. The second-order valence-corrected chi connectivity index (χ2v) is 18.2. The molecule has 0 unspecified atom stereocenters. The van der Waals surface area contributed by atoms with Crippen LogP contribution < -0.4 is 4.74 Å². The third-order valence-electron chi connectivity index (χ3n) is 13.1. The van der Waals surface area contributed by atoms with Crippen molar-refractivity contribution >= 4 is 11.9 Å². The van der Waals surface area contributed by atoms with Gasteiger partial charge in [0, 0.05) is 22.1 Å². The summed E-state index contributed by atoms with van der Waals surface area (Å²) in [5.41, 5.74) is 12.9. The summed E-state index contributed by atoms with van der Waals surface area (Å²) < 4.78 is 33.6.